The van der Waals surface area contributed by atoms with E-state index in [-0.39, 0.29) is 25.2 Å². The molecular formula is C122H180O15. The van der Waals surface area contributed by atoms with E-state index >= 15 is 0 Å². The second kappa shape index (κ2) is 71.2. The Balaban J connectivity index is 0.000000537. The van der Waals surface area contributed by atoms with E-state index in [1.807, 2.05) is 144 Å². The van der Waals surface area contributed by atoms with Gasteiger partial charge in [0.1, 0.15) is 57.3 Å². The van der Waals surface area contributed by atoms with Crippen molar-refractivity contribution >= 4 is 6.16 Å². The molecule has 10 rings (SSSR count). The lowest BCUT2D eigenvalue weighted by molar-refractivity contribution is -0.0804. The van der Waals surface area contributed by atoms with E-state index in [1.54, 1.807) is 81.4 Å². The Labute approximate surface area is 830 Å². The Morgan fingerprint density at radius 2 is 0.438 bits per heavy atom. The Morgan fingerprint density at radius 1 is 0.241 bits per heavy atom. The molecule has 0 amide bonds. The summed E-state index contributed by atoms with van der Waals surface area (Å²) in [6.45, 7) is 63.8. The van der Waals surface area contributed by atoms with E-state index in [0.717, 1.165) is 100 Å². The van der Waals surface area contributed by atoms with Crippen LogP contribution in [0.5, 0.6) is 51.7 Å². The second-order valence-electron chi connectivity index (χ2n) is 36.7. The molecule has 15 nitrogen and oxygen atoms in total. The van der Waals surface area contributed by atoms with Crippen molar-refractivity contribution in [2.24, 2.45) is 0 Å². The topological polar surface area (TPSA) is 190 Å². The summed E-state index contributed by atoms with van der Waals surface area (Å²) in [5.41, 5.74) is 12.8. The summed E-state index contributed by atoms with van der Waals surface area (Å²) in [4.78, 5) is 11.5. The minimum atomic E-state index is -0.668. The number of carbonyl (C=O) groups is 1. The Kier molecular flexibility index (Phi) is 63.8. The molecule has 0 aliphatic rings. The molecule has 0 saturated heterocycles. The summed E-state index contributed by atoms with van der Waals surface area (Å²) in [6.07, 6.45) is 12.7. The zero-order valence-electron chi connectivity index (χ0n) is 89.6. The summed E-state index contributed by atoms with van der Waals surface area (Å²) in [6, 6.07) is 81.1. The van der Waals surface area contributed by atoms with Gasteiger partial charge in [0, 0.05) is 19.6 Å². The maximum Gasteiger partial charge on any atom is 0.514 e. The van der Waals surface area contributed by atoms with Crippen LogP contribution in [-0.4, -0.2) is 83.8 Å². The van der Waals surface area contributed by atoms with Crippen molar-refractivity contribution < 1.29 is 72.6 Å². The highest BCUT2D eigenvalue weighted by Gasteiger charge is 2.20. The number of phenolic OH excluding ortho intramolecular Hbond substituents is 4. The molecule has 4 N–H and O–H groups in total. The van der Waals surface area contributed by atoms with E-state index in [9.17, 15) is 4.79 Å². The summed E-state index contributed by atoms with van der Waals surface area (Å²) < 4.78 is 55.6. The number of hydrogen-bond acceptors (Lipinski definition) is 15. The molecule has 0 aliphatic carbocycles. The number of carbonyl (C=O) groups excluding carboxylic acids is 1. The van der Waals surface area contributed by atoms with Gasteiger partial charge in [0.05, 0.1) is 13.2 Å². The highest BCUT2D eigenvalue weighted by atomic mass is 16.7. The molecular weight excluding hydrogens is 1710 g/mol. The van der Waals surface area contributed by atoms with Gasteiger partial charge in [-0.05, 0) is 356 Å². The molecule has 10 aromatic rings. The van der Waals surface area contributed by atoms with Gasteiger partial charge in [-0.3, -0.25) is 0 Å². The average molecular weight is 1890 g/mol. The maximum atomic E-state index is 11.5. The molecule has 758 valence electrons. The van der Waals surface area contributed by atoms with Gasteiger partial charge < -0.3 is 67.8 Å². The predicted octanol–water partition coefficient (Wildman–Crippen LogP) is 35.3. The fraction of sp³-hybridized carbons (Fsp3) is 0.500. The lowest BCUT2D eigenvalue weighted by Crippen LogP contribution is -2.25. The molecule has 0 bridgehead atoms. The third-order valence-corrected chi connectivity index (χ3v) is 24.7. The highest BCUT2D eigenvalue weighted by molar-refractivity contribution is 5.64. The van der Waals surface area contributed by atoms with Crippen LogP contribution in [0, 0.1) is 0 Å². The molecule has 0 saturated carbocycles. The Hall–Kier alpha value is -10.3. The van der Waals surface area contributed by atoms with Crippen LogP contribution in [0.1, 0.15) is 399 Å². The standard InChI is InChI=1S/C28H42O4.C15H22O3.C15H24O2.C14H22O2.4C10H14O.C10H14/c1-7-21(3)25-11-15-27(16-12-25)31-23(5)29-19-9-10-20-30-24(6)32-28-17-13-26(14-18-28)22(4)8-2;1-6-11(2)12-7-9-13(10-8-12)17-14(16)18-15(3,4)5;1-5-12(4)13-8-10-14(11-9-13)17-15(6-2)16-7-3;1-5-11(3)13-7-9-14(10-8-13)16-12(4)15-6-2;4*1-3-8(2)9-4-6-10(11)7-5-9;1-3-9(2)10-7-5-4-6-8-10/h11-18,21-24H,7-10,19-20H2,1-6H3;7-11H,6H2,1-5H3;8-12,15H,5-7H2,1-4H3;7-12H,5-6H2,1-4H3;4*4-8,11H,3H2,1-2H3;4-9H,3H2,1-2H3. The SMILES string of the molecule is CCC(C)c1ccc(O)cc1.CCC(C)c1ccc(O)cc1.CCC(C)c1ccc(O)cc1.CCC(C)c1ccc(O)cc1.CCC(C)c1ccc(OC(=O)OC(C)(C)C)cc1.CCC(C)c1ccc(OC(C)OCCCCOC(C)Oc2ccc(C(C)CC)cc2)cc1.CCC(C)c1ccccc1.CCOC(C)Oc1ccc(C(C)CC)cc1.CCOC(CC)Oc1ccc(C(C)CC)cc1. The highest BCUT2D eigenvalue weighted by Crippen LogP contribution is 2.31. The minimum Gasteiger partial charge on any atom is -0.508 e. The van der Waals surface area contributed by atoms with Crippen molar-refractivity contribution in [2.45, 2.75) is 374 Å². The lowest BCUT2D eigenvalue weighted by Gasteiger charge is -2.18. The molecule has 0 heterocycles. The summed E-state index contributed by atoms with van der Waals surface area (Å²) in [7, 11) is 0. The van der Waals surface area contributed by atoms with Crippen molar-refractivity contribution in [3.8, 4) is 51.7 Å². The molecule has 0 radical (unpaired) electrons. The number of rotatable bonds is 41. The molecule has 0 fully saturated rings. The Bertz CT molecular complexity index is 4300. The van der Waals surface area contributed by atoms with Crippen LogP contribution in [0.4, 0.5) is 4.79 Å². The quantitative estimate of drug-likeness (QED) is 0.0122. The van der Waals surface area contributed by atoms with Crippen LogP contribution in [-0.2, 0) is 23.7 Å². The van der Waals surface area contributed by atoms with Crippen molar-refractivity contribution in [1.29, 1.82) is 0 Å². The van der Waals surface area contributed by atoms with E-state index in [0.29, 0.717) is 114 Å². The van der Waals surface area contributed by atoms with E-state index in [1.165, 1.54) is 62.1 Å². The third kappa shape index (κ3) is 53.5. The smallest absolute Gasteiger partial charge is 0.508 e. The van der Waals surface area contributed by atoms with E-state index < -0.39 is 11.8 Å². The first-order valence-electron chi connectivity index (χ1n) is 51.2. The molecule has 10 aromatic carbocycles. The first kappa shape index (κ1) is 123. The van der Waals surface area contributed by atoms with Crippen LogP contribution < -0.4 is 23.7 Å². The average Bonchev–Trinajstić information content (AvgIpc) is 0.894. The van der Waals surface area contributed by atoms with Gasteiger partial charge in [-0.2, -0.15) is 0 Å². The normalized spacial score (nSPS) is 13.8. The van der Waals surface area contributed by atoms with Gasteiger partial charge in [-0.15, -0.1) is 0 Å². The number of benzene rings is 10. The van der Waals surface area contributed by atoms with Crippen molar-refractivity contribution in [2.75, 3.05) is 26.4 Å². The molecule has 15 heteroatoms. The molecule has 0 aromatic heterocycles. The molecule has 0 aliphatic heterocycles. The van der Waals surface area contributed by atoms with Gasteiger partial charge in [-0.25, -0.2) is 4.79 Å². The van der Waals surface area contributed by atoms with Crippen molar-refractivity contribution in [1.82, 2.24) is 0 Å². The number of unbranched alkanes of at least 4 members (excludes halogenated alkanes) is 1. The fourth-order valence-electron chi connectivity index (χ4n) is 13.3. The minimum absolute atomic E-state index is 0.130. The number of aromatic hydroxyl groups is 4. The molecule has 14 unspecified atom stereocenters. The van der Waals surface area contributed by atoms with Crippen LogP contribution >= 0.6 is 0 Å². The largest absolute Gasteiger partial charge is 0.514 e. The van der Waals surface area contributed by atoms with Crippen molar-refractivity contribution in [3.63, 3.8) is 0 Å². The van der Waals surface area contributed by atoms with Crippen molar-refractivity contribution in [3.05, 3.63) is 304 Å². The maximum absolute atomic E-state index is 11.5. The number of phenols is 4. The Morgan fingerprint density at radius 3 is 0.642 bits per heavy atom. The van der Waals surface area contributed by atoms with Crippen LogP contribution in [0.25, 0.3) is 0 Å². The predicted molar refractivity (Wildman–Crippen MR) is 574 cm³/mol. The van der Waals surface area contributed by atoms with Crippen LogP contribution in [0.3, 0.4) is 0 Å². The first-order chi connectivity index (χ1) is 65.4. The van der Waals surface area contributed by atoms with Gasteiger partial charge in [-0.1, -0.05) is 285 Å². The fourth-order valence-corrected chi connectivity index (χ4v) is 13.3. The van der Waals surface area contributed by atoms with Gasteiger partial charge in [0.2, 0.25) is 0 Å². The second-order valence-corrected chi connectivity index (χ2v) is 36.7. The monoisotopic (exact) mass is 1890 g/mol. The summed E-state index contributed by atoms with van der Waals surface area (Å²) in [5, 5.41) is 36.0. The molecule has 14 atom stereocenters. The molecule has 0 spiro atoms. The third-order valence-electron chi connectivity index (χ3n) is 24.7. The van der Waals surface area contributed by atoms with Gasteiger partial charge in [0.25, 0.3) is 0 Å². The van der Waals surface area contributed by atoms with E-state index in [2.05, 4.69) is 224 Å². The number of ether oxygens (including phenoxy) is 10. The van der Waals surface area contributed by atoms with Crippen LogP contribution in [0.15, 0.2) is 249 Å². The van der Waals surface area contributed by atoms with Gasteiger partial charge >= 0.3 is 6.16 Å². The summed E-state index contributed by atoms with van der Waals surface area (Å²) in [5.74, 6) is 11.3. The summed E-state index contributed by atoms with van der Waals surface area (Å²) >= 11 is 0. The zero-order chi connectivity index (χ0) is 102. The first-order valence-corrected chi connectivity index (χ1v) is 51.2. The van der Waals surface area contributed by atoms with E-state index in [4.69, 9.17) is 67.8 Å². The lowest BCUT2D eigenvalue weighted by atomic mass is 9.99. The van der Waals surface area contributed by atoms with Gasteiger partial charge in [0.15, 0.2) is 25.2 Å². The molecule has 137 heavy (non-hydrogen) atoms. The number of hydrogen-bond donors (Lipinski definition) is 4. The zero-order valence-corrected chi connectivity index (χ0v) is 89.6. The van der Waals surface area contributed by atoms with Crippen LogP contribution in [0.2, 0.25) is 0 Å².